The minimum atomic E-state index is 0. The monoisotopic (exact) mass is 464 g/mol. The molecule has 1 aromatic heterocycles. The lowest BCUT2D eigenvalue weighted by atomic mass is 10.1. The Hall–Kier alpha value is -0.510. The molecule has 8 heteroatoms. The van der Waals surface area contributed by atoms with E-state index in [1.54, 1.807) is 0 Å². The Morgan fingerprint density at radius 3 is 2.71 bits per heavy atom. The Bertz CT molecular complexity index is 569. The molecule has 1 atom stereocenters. The highest BCUT2D eigenvalue weighted by atomic mass is 127. The average molecular weight is 464 g/mol. The molecule has 2 heterocycles. The Kier molecular flexibility index (Phi) is 7.21. The Balaban J connectivity index is 0.00000208. The molecule has 1 saturated carbocycles. The molecule has 0 amide bonds. The van der Waals surface area contributed by atoms with Crippen LogP contribution in [-0.4, -0.2) is 55.8 Å². The number of rotatable bonds is 4. The zero-order chi connectivity index (χ0) is 16.4. The minimum absolute atomic E-state index is 0. The third-order valence-corrected chi connectivity index (χ3v) is 6.14. The number of aromatic nitrogens is 3. The van der Waals surface area contributed by atoms with Gasteiger partial charge in [-0.15, -0.1) is 34.2 Å². The summed E-state index contributed by atoms with van der Waals surface area (Å²) in [7, 11) is 2.00. The maximum atomic E-state index is 4.86. The molecule has 1 aromatic rings. The van der Waals surface area contributed by atoms with E-state index in [-0.39, 0.29) is 24.0 Å². The number of nitrogens with zero attached hydrogens (tertiary/aromatic N) is 5. The van der Waals surface area contributed by atoms with Gasteiger partial charge in [-0.2, -0.15) is 11.8 Å². The van der Waals surface area contributed by atoms with Gasteiger partial charge in [0, 0.05) is 37.2 Å². The second kappa shape index (κ2) is 8.73. The maximum absolute atomic E-state index is 4.86. The molecule has 6 nitrogen and oxygen atoms in total. The summed E-state index contributed by atoms with van der Waals surface area (Å²) in [5, 5.41) is 12.7. The van der Waals surface area contributed by atoms with Crippen molar-refractivity contribution >= 4 is 41.7 Å². The van der Waals surface area contributed by atoms with E-state index in [0.717, 1.165) is 30.7 Å². The van der Waals surface area contributed by atoms with E-state index in [1.165, 1.54) is 18.6 Å². The Morgan fingerprint density at radius 2 is 2.12 bits per heavy atom. The van der Waals surface area contributed by atoms with Gasteiger partial charge in [-0.1, -0.05) is 13.8 Å². The van der Waals surface area contributed by atoms with Gasteiger partial charge in [0.05, 0.1) is 0 Å². The van der Waals surface area contributed by atoms with Gasteiger partial charge >= 0.3 is 0 Å². The summed E-state index contributed by atoms with van der Waals surface area (Å²) in [6.07, 6.45) is 2.52. The number of thioether (sulfide) groups is 1. The van der Waals surface area contributed by atoms with Crippen LogP contribution in [0.3, 0.4) is 0 Å². The van der Waals surface area contributed by atoms with Crippen LogP contribution in [0.1, 0.15) is 38.3 Å². The summed E-state index contributed by atoms with van der Waals surface area (Å²) in [4.78, 5) is 7.30. The van der Waals surface area contributed by atoms with Gasteiger partial charge in [-0.3, -0.25) is 0 Å². The molecule has 0 bridgehead atoms. The van der Waals surface area contributed by atoms with Crippen LogP contribution in [0.5, 0.6) is 0 Å². The number of hydrogen-bond acceptors (Lipinski definition) is 4. The summed E-state index contributed by atoms with van der Waals surface area (Å²) in [6.45, 7) is 9.34. The number of aryl methyl sites for hydroxylation is 1. The predicted molar refractivity (Wildman–Crippen MR) is 111 cm³/mol. The van der Waals surface area contributed by atoms with Gasteiger partial charge in [0.1, 0.15) is 12.4 Å². The van der Waals surface area contributed by atoms with Crippen molar-refractivity contribution in [1.29, 1.82) is 0 Å². The molecule has 1 aliphatic carbocycles. The molecule has 24 heavy (non-hydrogen) atoms. The average Bonchev–Trinajstić information content (AvgIpc) is 3.31. The third kappa shape index (κ3) is 5.00. The molecule has 2 fully saturated rings. The fourth-order valence-electron chi connectivity index (χ4n) is 2.65. The SMILES string of the molecule is Cc1nnc(CN=C(NC2CC2)N2CCSC(C(C)C)C2)n1C.I. The summed E-state index contributed by atoms with van der Waals surface area (Å²) < 4.78 is 2.02. The van der Waals surface area contributed by atoms with Crippen LogP contribution in [-0.2, 0) is 13.6 Å². The molecule has 2 aliphatic rings. The van der Waals surface area contributed by atoms with Gasteiger partial charge in [-0.25, -0.2) is 4.99 Å². The molecule has 136 valence electrons. The first-order valence-electron chi connectivity index (χ1n) is 8.57. The number of halogens is 1. The lowest BCUT2D eigenvalue weighted by Gasteiger charge is -2.36. The van der Waals surface area contributed by atoms with Crippen molar-refractivity contribution in [2.75, 3.05) is 18.8 Å². The van der Waals surface area contributed by atoms with E-state index >= 15 is 0 Å². The highest BCUT2D eigenvalue weighted by Crippen LogP contribution is 2.26. The van der Waals surface area contributed by atoms with Crippen LogP contribution in [0.25, 0.3) is 0 Å². The van der Waals surface area contributed by atoms with Crippen molar-refractivity contribution in [3.05, 3.63) is 11.6 Å². The van der Waals surface area contributed by atoms with E-state index < -0.39 is 0 Å². The van der Waals surface area contributed by atoms with E-state index in [4.69, 9.17) is 4.99 Å². The molecule has 0 radical (unpaired) electrons. The molecular weight excluding hydrogens is 435 g/mol. The Labute approximate surface area is 166 Å². The summed E-state index contributed by atoms with van der Waals surface area (Å²) in [5.74, 6) is 4.79. The van der Waals surface area contributed by atoms with Gasteiger partial charge in [0.25, 0.3) is 0 Å². The highest BCUT2D eigenvalue weighted by Gasteiger charge is 2.29. The number of aliphatic imine (C=N–C) groups is 1. The molecule has 1 saturated heterocycles. The molecule has 0 aromatic carbocycles. The number of nitrogens with one attached hydrogen (secondary N) is 1. The molecule has 3 rings (SSSR count). The first kappa shape index (κ1) is 19.8. The lowest BCUT2D eigenvalue weighted by molar-refractivity contribution is 0.379. The van der Waals surface area contributed by atoms with Crippen molar-refractivity contribution in [2.24, 2.45) is 18.0 Å². The van der Waals surface area contributed by atoms with Crippen LogP contribution in [0, 0.1) is 12.8 Å². The van der Waals surface area contributed by atoms with Gasteiger partial charge in [0.15, 0.2) is 11.8 Å². The van der Waals surface area contributed by atoms with Gasteiger partial charge < -0.3 is 14.8 Å². The molecule has 1 N–H and O–H groups in total. The molecule has 0 spiro atoms. The normalized spacial score (nSPS) is 21.8. The minimum Gasteiger partial charge on any atom is -0.353 e. The largest absolute Gasteiger partial charge is 0.353 e. The first-order valence-corrected chi connectivity index (χ1v) is 9.62. The van der Waals surface area contributed by atoms with Crippen molar-refractivity contribution in [3.63, 3.8) is 0 Å². The maximum Gasteiger partial charge on any atom is 0.194 e. The quantitative estimate of drug-likeness (QED) is 0.422. The van der Waals surface area contributed by atoms with Crippen LogP contribution >= 0.6 is 35.7 Å². The van der Waals surface area contributed by atoms with Gasteiger partial charge in [-0.05, 0) is 25.7 Å². The third-order valence-electron chi connectivity index (χ3n) is 4.60. The standard InChI is InChI=1S/C16H28N6S.HI/c1-11(2)14-10-22(7-8-23-14)16(18-13-5-6-13)17-9-15-20-19-12(3)21(15)4;/h11,13-14H,5-10H2,1-4H3,(H,17,18);1H. The second-order valence-electron chi connectivity index (χ2n) is 6.88. The summed E-state index contributed by atoms with van der Waals surface area (Å²) in [5.41, 5.74) is 0. The molecule has 1 unspecified atom stereocenters. The zero-order valence-electron chi connectivity index (χ0n) is 15.0. The summed E-state index contributed by atoms with van der Waals surface area (Å²) in [6, 6.07) is 0.613. The fourth-order valence-corrected chi connectivity index (χ4v) is 3.95. The molecular formula is C16H29IN6S. The predicted octanol–water partition coefficient (Wildman–Crippen LogP) is 2.42. The van der Waals surface area contributed by atoms with Crippen LogP contribution in [0.2, 0.25) is 0 Å². The summed E-state index contributed by atoms with van der Waals surface area (Å²) >= 11 is 2.10. The number of hydrogen-bond donors (Lipinski definition) is 1. The zero-order valence-corrected chi connectivity index (χ0v) is 18.2. The van der Waals surface area contributed by atoms with Gasteiger partial charge in [0.2, 0.25) is 0 Å². The smallest absolute Gasteiger partial charge is 0.194 e. The van der Waals surface area contributed by atoms with E-state index in [1.807, 2.05) is 18.5 Å². The van der Waals surface area contributed by atoms with E-state index in [9.17, 15) is 0 Å². The fraction of sp³-hybridized carbons (Fsp3) is 0.812. The second-order valence-corrected chi connectivity index (χ2v) is 8.23. The first-order chi connectivity index (χ1) is 11.0. The van der Waals surface area contributed by atoms with E-state index in [2.05, 4.69) is 46.0 Å². The van der Waals surface area contributed by atoms with Crippen molar-refractivity contribution < 1.29 is 0 Å². The van der Waals surface area contributed by atoms with Crippen molar-refractivity contribution in [3.8, 4) is 0 Å². The Morgan fingerprint density at radius 1 is 1.38 bits per heavy atom. The lowest BCUT2D eigenvalue weighted by Crippen LogP contribution is -2.49. The van der Waals surface area contributed by atoms with Crippen molar-refractivity contribution in [1.82, 2.24) is 25.0 Å². The van der Waals surface area contributed by atoms with Crippen LogP contribution in [0.15, 0.2) is 4.99 Å². The molecule has 1 aliphatic heterocycles. The van der Waals surface area contributed by atoms with Crippen LogP contribution < -0.4 is 5.32 Å². The van der Waals surface area contributed by atoms with E-state index in [0.29, 0.717) is 23.8 Å². The highest BCUT2D eigenvalue weighted by molar-refractivity contribution is 14.0. The number of guanidine groups is 1. The van der Waals surface area contributed by atoms with Crippen molar-refractivity contribution in [2.45, 2.75) is 51.4 Å². The topological polar surface area (TPSA) is 58.3 Å². The van der Waals surface area contributed by atoms with Crippen LogP contribution in [0.4, 0.5) is 0 Å².